The van der Waals surface area contributed by atoms with E-state index in [9.17, 15) is 10.1 Å². The van der Waals surface area contributed by atoms with Gasteiger partial charge in [-0.05, 0) is 31.6 Å². The largest absolute Gasteiger partial charge is 0.385 e. The summed E-state index contributed by atoms with van der Waals surface area (Å²) in [7, 11) is 1.67. The van der Waals surface area contributed by atoms with Crippen molar-refractivity contribution in [2.45, 2.75) is 26.2 Å². The zero-order valence-corrected chi connectivity index (χ0v) is 11.7. The van der Waals surface area contributed by atoms with E-state index in [1.165, 1.54) is 0 Å². The lowest BCUT2D eigenvalue weighted by atomic mass is 10.0. The molecule has 0 saturated heterocycles. The molecule has 0 aliphatic heterocycles. The highest BCUT2D eigenvalue weighted by atomic mass is 16.6. The van der Waals surface area contributed by atoms with Crippen molar-refractivity contribution in [3.63, 3.8) is 0 Å². The third-order valence-corrected chi connectivity index (χ3v) is 3.68. The first-order valence-electron chi connectivity index (χ1n) is 6.49. The Hall–Kier alpha value is -1.96. The second kappa shape index (κ2) is 5.58. The van der Waals surface area contributed by atoms with Crippen LogP contribution in [0.4, 0.5) is 17.5 Å². The molecule has 1 heterocycles. The lowest BCUT2D eigenvalue weighted by molar-refractivity contribution is -0.385. The smallest absolute Gasteiger partial charge is 0.332 e. The fourth-order valence-corrected chi connectivity index (χ4v) is 2.21. The number of ether oxygens (including phenoxy) is 1. The Morgan fingerprint density at radius 2 is 2.20 bits per heavy atom. The minimum Gasteiger partial charge on any atom is -0.385 e. The summed E-state index contributed by atoms with van der Waals surface area (Å²) in [5, 5.41) is 14.2. The highest BCUT2D eigenvalue weighted by Gasteiger charge is 2.42. The quantitative estimate of drug-likeness (QED) is 0.574. The van der Waals surface area contributed by atoms with Gasteiger partial charge >= 0.3 is 5.69 Å². The van der Waals surface area contributed by atoms with Gasteiger partial charge in [-0.3, -0.25) is 10.1 Å². The van der Waals surface area contributed by atoms with Gasteiger partial charge in [0, 0.05) is 20.3 Å². The van der Waals surface area contributed by atoms with Crippen LogP contribution in [0.15, 0.2) is 0 Å². The van der Waals surface area contributed by atoms with Gasteiger partial charge in [0.2, 0.25) is 11.8 Å². The van der Waals surface area contributed by atoms with Crippen molar-refractivity contribution in [2.75, 3.05) is 31.3 Å². The molecule has 0 aromatic carbocycles. The van der Waals surface area contributed by atoms with E-state index in [2.05, 4.69) is 15.3 Å². The third-order valence-electron chi connectivity index (χ3n) is 3.68. The van der Waals surface area contributed by atoms with Gasteiger partial charge in [-0.25, -0.2) is 4.98 Å². The van der Waals surface area contributed by atoms with E-state index in [0.29, 0.717) is 13.2 Å². The predicted molar refractivity (Wildman–Crippen MR) is 74.5 cm³/mol. The van der Waals surface area contributed by atoms with Gasteiger partial charge in [0.25, 0.3) is 0 Å². The van der Waals surface area contributed by atoms with Crippen molar-refractivity contribution >= 4 is 17.5 Å². The number of nitrogens with zero attached hydrogens (tertiary/aromatic N) is 3. The standard InChI is InChI=1S/C12H19N5O3/c1-8-9(17(18)19)10(16-11(13)15-8)14-7-12(3-4-12)5-6-20-2/h3-7H2,1-2H3,(H3,13,14,15,16). The summed E-state index contributed by atoms with van der Waals surface area (Å²) in [5.41, 5.74) is 5.88. The lowest BCUT2D eigenvalue weighted by Crippen LogP contribution is -2.19. The number of hydrogen-bond donors (Lipinski definition) is 2. The maximum atomic E-state index is 11.1. The molecule has 3 N–H and O–H groups in total. The van der Waals surface area contributed by atoms with Crippen LogP contribution in [0.3, 0.4) is 0 Å². The van der Waals surface area contributed by atoms with Crippen LogP contribution in [-0.2, 0) is 4.74 Å². The number of nitro groups is 1. The van der Waals surface area contributed by atoms with Crippen LogP contribution in [0, 0.1) is 22.5 Å². The molecule has 1 aromatic rings. The summed E-state index contributed by atoms with van der Waals surface area (Å²) in [4.78, 5) is 18.4. The molecule has 0 radical (unpaired) electrons. The zero-order valence-electron chi connectivity index (χ0n) is 11.7. The van der Waals surface area contributed by atoms with E-state index in [4.69, 9.17) is 10.5 Å². The maximum absolute atomic E-state index is 11.1. The van der Waals surface area contributed by atoms with Crippen molar-refractivity contribution < 1.29 is 9.66 Å². The van der Waals surface area contributed by atoms with Gasteiger partial charge in [-0.1, -0.05) is 0 Å². The van der Waals surface area contributed by atoms with Crippen LogP contribution in [0.5, 0.6) is 0 Å². The molecule has 20 heavy (non-hydrogen) atoms. The van der Waals surface area contributed by atoms with E-state index in [-0.39, 0.29) is 28.6 Å². The highest BCUT2D eigenvalue weighted by Crippen LogP contribution is 2.48. The van der Waals surface area contributed by atoms with Gasteiger partial charge in [0.1, 0.15) is 5.69 Å². The molecule has 0 spiro atoms. The Morgan fingerprint density at radius 3 is 2.75 bits per heavy atom. The van der Waals surface area contributed by atoms with Gasteiger partial charge in [0.15, 0.2) is 0 Å². The van der Waals surface area contributed by atoms with Crippen LogP contribution in [0.25, 0.3) is 0 Å². The van der Waals surface area contributed by atoms with Crippen molar-refractivity contribution in [1.29, 1.82) is 0 Å². The molecule has 0 bridgehead atoms. The Labute approximate surface area is 116 Å². The van der Waals surface area contributed by atoms with E-state index in [1.807, 2.05) is 0 Å². The number of aryl methyl sites for hydroxylation is 1. The van der Waals surface area contributed by atoms with Crippen LogP contribution >= 0.6 is 0 Å². The topological polar surface area (TPSA) is 116 Å². The predicted octanol–water partition coefficient (Wildman–Crippen LogP) is 1.50. The molecule has 110 valence electrons. The van der Waals surface area contributed by atoms with Gasteiger partial charge in [-0.2, -0.15) is 4.98 Å². The number of hydrogen-bond acceptors (Lipinski definition) is 7. The first kappa shape index (κ1) is 14.4. The normalized spacial score (nSPS) is 15.9. The summed E-state index contributed by atoms with van der Waals surface area (Å²) in [6.07, 6.45) is 3.12. The van der Waals surface area contributed by atoms with E-state index in [1.54, 1.807) is 14.0 Å². The van der Waals surface area contributed by atoms with E-state index in [0.717, 1.165) is 19.3 Å². The van der Waals surface area contributed by atoms with Gasteiger partial charge < -0.3 is 15.8 Å². The summed E-state index contributed by atoms with van der Waals surface area (Å²) in [6.45, 7) is 2.88. The minimum atomic E-state index is -0.480. The Morgan fingerprint density at radius 1 is 1.50 bits per heavy atom. The number of nitrogens with one attached hydrogen (secondary N) is 1. The summed E-state index contributed by atoms with van der Waals surface area (Å²) in [6, 6.07) is 0. The second-order valence-corrected chi connectivity index (χ2v) is 5.22. The van der Waals surface area contributed by atoms with Crippen molar-refractivity contribution in [3.8, 4) is 0 Å². The summed E-state index contributed by atoms with van der Waals surface area (Å²) in [5.74, 6) is 0.237. The number of nitrogens with two attached hydrogens (primary N) is 1. The number of nitrogen functional groups attached to an aromatic ring is 1. The minimum absolute atomic E-state index is 0.0392. The molecule has 0 amide bonds. The number of rotatable bonds is 7. The molecule has 1 aliphatic rings. The summed E-state index contributed by atoms with van der Waals surface area (Å²) < 4.78 is 5.09. The molecule has 0 atom stereocenters. The molecule has 8 nitrogen and oxygen atoms in total. The van der Waals surface area contributed by atoms with E-state index < -0.39 is 4.92 Å². The maximum Gasteiger partial charge on any atom is 0.332 e. The van der Waals surface area contributed by atoms with Crippen molar-refractivity contribution in [2.24, 2.45) is 5.41 Å². The Kier molecular flexibility index (Phi) is 4.03. The van der Waals surface area contributed by atoms with Crippen LogP contribution in [0.2, 0.25) is 0 Å². The van der Waals surface area contributed by atoms with Crippen molar-refractivity contribution in [3.05, 3.63) is 15.8 Å². The van der Waals surface area contributed by atoms with Crippen molar-refractivity contribution in [1.82, 2.24) is 9.97 Å². The fourth-order valence-electron chi connectivity index (χ4n) is 2.21. The lowest BCUT2D eigenvalue weighted by Gasteiger charge is -2.16. The number of methoxy groups -OCH3 is 1. The van der Waals surface area contributed by atoms with Crippen LogP contribution in [0.1, 0.15) is 25.0 Å². The van der Waals surface area contributed by atoms with Gasteiger partial charge in [0.05, 0.1) is 4.92 Å². The first-order valence-corrected chi connectivity index (χ1v) is 6.49. The molecule has 1 aromatic heterocycles. The average Bonchev–Trinajstić information content (AvgIpc) is 3.13. The Bertz CT molecular complexity index is 516. The van der Waals surface area contributed by atoms with Gasteiger partial charge in [-0.15, -0.1) is 0 Å². The SMILES string of the molecule is COCCC1(CNc2nc(N)nc(C)c2[N+](=O)[O-])CC1. The highest BCUT2D eigenvalue weighted by molar-refractivity contribution is 5.60. The summed E-state index contributed by atoms with van der Waals surface area (Å²) >= 11 is 0. The Balaban J connectivity index is 2.11. The third kappa shape index (κ3) is 3.13. The fraction of sp³-hybridized carbons (Fsp3) is 0.667. The molecule has 8 heteroatoms. The van der Waals surface area contributed by atoms with E-state index >= 15 is 0 Å². The zero-order chi connectivity index (χ0) is 14.8. The van der Waals surface area contributed by atoms with Crippen LogP contribution < -0.4 is 11.1 Å². The molecule has 0 unspecified atom stereocenters. The molecular formula is C12H19N5O3. The molecule has 1 aliphatic carbocycles. The second-order valence-electron chi connectivity index (χ2n) is 5.22. The number of anilines is 2. The first-order chi connectivity index (χ1) is 9.47. The number of aromatic nitrogens is 2. The average molecular weight is 281 g/mol. The molecule has 1 fully saturated rings. The molecular weight excluding hydrogens is 262 g/mol. The molecule has 2 rings (SSSR count). The molecule has 1 saturated carbocycles. The van der Waals surface area contributed by atoms with Crippen LogP contribution in [-0.4, -0.2) is 35.2 Å². The monoisotopic (exact) mass is 281 g/mol.